The monoisotopic (exact) mass is 330 g/mol. The predicted molar refractivity (Wildman–Crippen MR) is 79.0 cm³/mol. The summed E-state index contributed by atoms with van der Waals surface area (Å²) in [6, 6.07) is 5.40. The van der Waals surface area contributed by atoms with E-state index in [1.165, 1.54) is 24.1 Å². The Bertz CT molecular complexity index is 665. The lowest BCUT2D eigenvalue weighted by Gasteiger charge is -2.26. The van der Waals surface area contributed by atoms with Crippen molar-refractivity contribution in [2.75, 3.05) is 26.4 Å². The van der Waals surface area contributed by atoms with Gasteiger partial charge in [-0.1, -0.05) is 12.1 Å². The second-order valence-electron chi connectivity index (χ2n) is 5.53. The summed E-state index contributed by atoms with van der Waals surface area (Å²) in [7, 11) is -2.15. The van der Waals surface area contributed by atoms with Crippen LogP contribution in [0.4, 0.5) is 4.39 Å². The highest BCUT2D eigenvalue weighted by atomic mass is 32.2. The van der Waals surface area contributed by atoms with Gasteiger partial charge in [0.2, 0.25) is 15.9 Å². The minimum Gasteiger partial charge on any atom is -0.391 e. The van der Waals surface area contributed by atoms with Gasteiger partial charge >= 0.3 is 0 Å². The van der Waals surface area contributed by atoms with Crippen molar-refractivity contribution in [3.63, 3.8) is 0 Å². The first-order valence-electron chi connectivity index (χ1n) is 6.83. The number of aliphatic hydroxyl groups is 1. The van der Waals surface area contributed by atoms with Crippen LogP contribution < -0.4 is 0 Å². The maximum atomic E-state index is 13.4. The van der Waals surface area contributed by atoms with Crippen molar-refractivity contribution in [1.82, 2.24) is 9.21 Å². The van der Waals surface area contributed by atoms with E-state index in [2.05, 4.69) is 0 Å². The number of carbonyl (C=O) groups is 1. The normalized spacial score (nSPS) is 22.3. The Morgan fingerprint density at radius 2 is 2.18 bits per heavy atom. The summed E-state index contributed by atoms with van der Waals surface area (Å²) in [6.45, 7) is -0.199. The van der Waals surface area contributed by atoms with Gasteiger partial charge in [-0.05, 0) is 24.1 Å². The molecule has 1 N–H and O–H groups in total. The SMILES string of the molecule is CN(CC(=O)N1CC(O)CC1c1cccc(F)c1)S(C)(=O)=O. The van der Waals surface area contributed by atoms with Crippen LogP contribution in [0.1, 0.15) is 18.0 Å². The highest BCUT2D eigenvalue weighted by molar-refractivity contribution is 7.88. The van der Waals surface area contributed by atoms with Gasteiger partial charge in [0.05, 0.1) is 24.9 Å². The van der Waals surface area contributed by atoms with Crippen LogP contribution in [0, 0.1) is 5.82 Å². The van der Waals surface area contributed by atoms with E-state index in [0.717, 1.165) is 10.6 Å². The third-order valence-electron chi connectivity index (χ3n) is 3.76. The molecule has 0 aromatic heterocycles. The fraction of sp³-hybridized carbons (Fsp3) is 0.500. The van der Waals surface area contributed by atoms with Gasteiger partial charge in [0.1, 0.15) is 5.82 Å². The number of benzene rings is 1. The van der Waals surface area contributed by atoms with E-state index >= 15 is 0 Å². The molecular weight excluding hydrogens is 311 g/mol. The molecule has 1 amide bonds. The first-order valence-corrected chi connectivity index (χ1v) is 8.67. The summed E-state index contributed by atoms with van der Waals surface area (Å²) in [5, 5.41) is 9.82. The molecule has 1 aliphatic heterocycles. The molecule has 0 saturated carbocycles. The molecule has 1 saturated heterocycles. The van der Waals surface area contributed by atoms with Crippen LogP contribution in [0.15, 0.2) is 24.3 Å². The van der Waals surface area contributed by atoms with E-state index in [0.29, 0.717) is 12.0 Å². The molecule has 0 bridgehead atoms. The summed E-state index contributed by atoms with van der Waals surface area (Å²) in [4.78, 5) is 13.7. The Hall–Kier alpha value is -1.51. The van der Waals surface area contributed by atoms with Gasteiger partial charge in [-0.2, -0.15) is 4.31 Å². The van der Waals surface area contributed by atoms with Crippen molar-refractivity contribution < 1.29 is 22.7 Å². The van der Waals surface area contributed by atoms with Crippen molar-refractivity contribution in [2.24, 2.45) is 0 Å². The van der Waals surface area contributed by atoms with Gasteiger partial charge in [-0.3, -0.25) is 4.79 Å². The van der Waals surface area contributed by atoms with Crippen LogP contribution >= 0.6 is 0 Å². The standard InChI is InChI=1S/C14H19FN2O4S/c1-16(22(2,20)21)9-14(19)17-8-12(18)7-13(17)10-4-3-5-11(15)6-10/h3-6,12-13,18H,7-9H2,1-2H3. The summed E-state index contributed by atoms with van der Waals surface area (Å²) in [5.74, 6) is -0.835. The number of aliphatic hydroxyl groups excluding tert-OH is 1. The first kappa shape index (κ1) is 16.9. The van der Waals surface area contributed by atoms with E-state index in [1.54, 1.807) is 12.1 Å². The van der Waals surface area contributed by atoms with E-state index < -0.39 is 33.9 Å². The van der Waals surface area contributed by atoms with Gasteiger partial charge in [0.25, 0.3) is 0 Å². The van der Waals surface area contributed by atoms with Crippen molar-refractivity contribution in [3.8, 4) is 0 Å². The summed E-state index contributed by atoms with van der Waals surface area (Å²) >= 11 is 0. The first-order chi connectivity index (χ1) is 10.2. The molecular formula is C14H19FN2O4S. The third-order valence-corrected chi connectivity index (χ3v) is 5.02. The van der Waals surface area contributed by atoms with E-state index in [-0.39, 0.29) is 13.1 Å². The van der Waals surface area contributed by atoms with Crippen LogP contribution in [0.3, 0.4) is 0 Å². The number of nitrogens with zero attached hydrogens (tertiary/aromatic N) is 2. The zero-order chi connectivity index (χ0) is 16.5. The molecule has 0 spiro atoms. The zero-order valence-electron chi connectivity index (χ0n) is 12.4. The molecule has 0 aliphatic carbocycles. The van der Waals surface area contributed by atoms with Crippen LogP contribution in [0.2, 0.25) is 0 Å². The Kier molecular flexibility index (Phi) is 4.84. The molecule has 1 heterocycles. The molecule has 6 nitrogen and oxygen atoms in total. The molecule has 1 aromatic carbocycles. The van der Waals surface area contributed by atoms with E-state index in [1.807, 2.05) is 0 Å². The Balaban J connectivity index is 2.19. The maximum absolute atomic E-state index is 13.4. The van der Waals surface area contributed by atoms with Crippen LogP contribution in [-0.4, -0.2) is 61.1 Å². The number of sulfonamides is 1. The van der Waals surface area contributed by atoms with E-state index in [4.69, 9.17) is 0 Å². The summed E-state index contributed by atoms with van der Waals surface area (Å²) in [6.07, 6.45) is 0.613. The number of β-amino-alcohol motifs (C(OH)–C–C–N with tert-alkyl or cyclic N) is 1. The minimum absolute atomic E-state index is 0.109. The topological polar surface area (TPSA) is 77.9 Å². The Morgan fingerprint density at radius 3 is 2.77 bits per heavy atom. The quantitative estimate of drug-likeness (QED) is 0.864. The minimum atomic E-state index is -3.47. The molecule has 2 unspecified atom stereocenters. The predicted octanol–water partition coefficient (Wildman–Crippen LogP) is 0.351. The number of halogens is 1. The van der Waals surface area contributed by atoms with Crippen molar-refractivity contribution in [3.05, 3.63) is 35.6 Å². The lowest BCUT2D eigenvalue weighted by Crippen LogP contribution is -2.41. The molecule has 0 radical (unpaired) electrons. The van der Waals surface area contributed by atoms with Gasteiger partial charge in [-0.25, -0.2) is 12.8 Å². The fourth-order valence-corrected chi connectivity index (χ4v) is 2.86. The number of hydrogen-bond donors (Lipinski definition) is 1. The largest absolute Gasteiger partial charge is 0.391 e. The lowest BCUT2D eigenvalue weighted by atomic mass is 10.0. The summed E-state index contributed by atoms with van der Waals surface area (Å²) in [5.41, 5.74) is 0.590. The summed E-state index contributed by atoms with van der Waals surface area (Å²) < 4.78 is 37.1. The smallest absolute Gasteiger partial charge is 0.238 e. The third kappa shape index (κ3) is 3.82. The number of likely N-dealkylation sites (tertiary alicyclic amines) is 1. The molecule has 2 atom stereocenters. The number of hydrogen-bond acceptors (Lipinski definition) is 4. The lowest BCUT2D eigenvalue weighted by molar-refractivity contribution is -0.132. The molecule has 1 aliphatic rings. The van der Waals surface area contributed by atoms with Gasteiger partial charge < -0.3 is 10.0 Å². The highest BCUT2D eigenvalue weighted by Gasteiger charge is 2.36. The number of carbonyl (C=O) groups excluding carboxylic acids is 1. The van der Waals surface area contributed by atoms with Crippen LogP contribution in [0.5, 0.6) is 0 Å². The van der Waals surface area contributed by atoms with Crippen LogP contribution in [0.25, 0.3) is 0 Å². The van der Waals surface area contributed by atoms with Crippen molar-refractivity contribution >= 4 is 15.9 Å². The Labute approximate surface area is 129 Å². The number of likely N-dealkylation sites (N-methyl/N-ethyl adjacent to an activating group) is 1. The number of rotatable bonds is 4. The molecule has 2 rings (SSSR count). The number of amides is 1. The molecule has 8 heteroatoms. The average Bonchev–Trinajstić information content (AvgIpc) is 2.80. The molecule has 22 heavy (non-hydrogen) atoms. The van der Waals surface area contributed by atoms with Crippen molar-refractivity contribution in [2.45, 2.75) is 18.6 Å². The Morgan fingerprint density at radius 1 is 1.50 bits per heavy atom. The highest BCUT2D eigenvalue weighted by Crippen LogP contribution is 2.32. The fourth-order valence-electron chi connectivity index (χ4n) is 2.52. The van der Waals surface area contributed by atoms with Gasteiger partial charge in [-0.15, -0.1) is 0 Å². The molecule has 1 aromatic rings. The van der Waals surface area contributed by atoms with Crippen molar-refractivity contribution in [1.29, 1.82) is 0 Å². The maximum Gasteiger partial charge on any atom is 0.238 e. The molecule has 1 fully saturated rings. The zero-order valence-corrected chi connectivity index (χ0v) is 13.3. The van der Waals surface area contributed by atoms with Crippen LogP contribution in [-0.2, 0) is 14.8 Å². The second-order valence-corrected chi connectivity index (χ2v) is 7.61. The second kappa shape index (κ2) is 6.31. The van der Waals surface area contributed by atoms with Gasteiger partial charge in [0, 0.05) is 13.6 Å². The van der Waals surface area contributed by atoms with E-state index in [9.17, 15) is 22.7 Å². The van der Waals surface area contributed by atoms with Gasteiger partial charge in [0.15, 0.2) is 0 Å². The molecule has 122 valence electrons. The average molecular weight is 330 g/mol.